The number of hydrogen-bond donors (Lipinski definition) is 0. The van der Waals surface area contributed by atoms with Crippen LogP contribution in [-0.4, -0.2) is 0 Å². The van der Waals surface area contributed by atoms with Crippen molar-refractivity contribution in [3.05, 3.63) is 89.4 Å². The molecule has 0 bridgehead atoms. The van der Waals surface area contributed by atoms with Gasteiger partial charge in [-0.3, -0.25) is 0 Å². The lowest BCUT2D eigenvalue weighted by Gasteiger charge is -2.19. The van der Waals surface area contributed by atoms with E-state index in [4.69, 9.17) is 4.42 Å². The fourth-order valence-electron chi connectivity index (χ4n) is 4.71. The number of hydrogen-bond acceptors (Lipinski definition) is 1. The molecule has 3 heteroatoms. The van der Waals surface area contributed by atoms with Gasteiger partial charge in [-0.1, -0.05) is 57.2 Å². The van der Waals surface area contributed by atoms with E-state index in [1.807, 2.05) is 25.2 Å². The molecule has 5 rings (SSSR count). The van der Waals surface area contributed by atoms with Crippen molar-refractivity contribution in [2.45, 2.75) is 40.0 Å². The normalized spacial score (nSPS) is 12.1. The quantitative estimate of drug-likeness (QED) is 0.257. The van der Waals surface area contributed by atoms with Gasteiger partial charge < -0.3 is 4.42 Å². The first kappa shape index (κ1) is 21.4. The van der Waals surface area contributed by atoms with Crippen LogP contribution in [0.2, 0.25) is 0 Å². The Balaban J connectivity index is 1.80. The summed E-state index contributed by atoms with van der Waals surface area (Å²) in [7, 11) is 2.05. The van der Waals surface area contributed by atoms with Crippen LogP contribution in [0.5, 0.6) is 0 Å². The maximum Gasteiger partial charge on any atom is 0.216 e. The van der Waals surface area contributed by atoms with E-state index in [-0.39, 0.29) is 11.2 Å². The molecule has 5 aromatic rings. The largest absolute Gasteiger partial charge is 0.454 e. The van der Waals surface area contributed by atoms with Gasteiger partial charge in [0.2, 0.25) is 5.69 Å². The molecule has 0 atom stereocenters. The number of halogens is 1. The van der Waals surface area contributed by atoms with Gasteiger partial charge >= 0.3 is 0 Å². The molecule has 0 spiro atoms. The third-order valence-electron chi connectivity index (χ3n) is 6.54. The SMILES string of the molecule is Cc1ccc(-c2c(C)ccc3c2oc2c(-c4ccc(C(C)(C)C)cc4)c(F)ccc23)[n+](C)c1. The minimum atomic E-state index is -0.274. The Morgan fingerprint density at radius 3 is 2.03 bits per heavy atom. The van der Waals surface area contributed by atoms with Crippen LogP contribution in [0.15, 0.2) is 71.3 Å². The van der Waals surface area contributed by atoms with Gasteiger partial charge in [0.05, 0.1) is 11.1 Å². The monoisotopic (exact) mass is 438 g/mol. The van der Waals surface area contributed by atoms with E-state index in [9.17, 15) is 0 Å². The van der Waals surface area contributed by atoms with Gasteiger partial charge in [-0.2, -0.15) is 0 Å². The maximum absolute atomic E-state index is 15.2. The second-order valence-corrected chi connectivity index (χ2v) is 10.1. The van der Waals surface area contributed by atoms with Crippen molar-refractivity contribution in [3.63, 3.8) is 0 Å². The minimum absolute atomic E-state index is 0.0401. The highest BCUT2D eigenvalue weighted by molar-refractivity contribution is 6.13. The van der Waals surface area contributed by atoms with Gasteiger partial charge in [0.25, 0.3) is 0 Å². The molecule has 0 aliphatic heterocycles. The van der Waals surface area contributed by atoms with Crippen molar-refractivity contribution in [2.75, 3.05) is 0 Å². The highest BCUT2D eigenvalue weighted by Gasteiger charge is 2.23. The summed E-state index contributed by atoms with van der Waals surface area (Å²) in [5, 5.41) is 1.93. The predicted molar refractivity (Wildman–Crippen MR) is 134 cm³/mol. The summed E-state index contributed by atoms with van der Waals surface area (Å²) in [6.45, 7) is 10.7. The van der Waals surface area contributed by atoms with Gasteiger partial charge in [0.1, 0.15) is 24.0 Å². The number of aryl methyl sites for hydroxylation is 3. The molecule has 0 fully saturated rings. The van der Waals surface area contributed by atoms with E-state index in [2.05, 4.69) is 81.8 Å². The number of aromatic nitrogens is 1. The third kappa shape index (κ3) is 3.52. The Bertz CT molecular complexity index is 1520. The number of rotatable bonds is 2. The summed E-state index contributed by atoms with van der Waals surface area (Å²) < 4.78 is 23.9. The van der Waals surface area contributed by atoms with Crippen molar-refractivity contribution >= 4 is 21.9 Å². The zero-order valence-electron chi connectivity index (χ0n) is 20.1. The van der Waals surface area contributed by atoms with E-state index >= 15 is 4.39 Å². The van der Waals surface area contributed by atoms with Crippen molar-refractivity contribution in [1.29, 1.82) is 0 Å². The van der Waals surface area contributed by atoms with Crippen LogP contribution in [0.4, 0.5) is 4.39 Å². The van der Waals surface area contributed by atoms with Crippen LogP contribution >= 0.6 is 0 Å². The Morgan fingerprint density at radius 2 is 1.39 bits per heavy atom. The summed E-state index contributed by atoms with van der Waals surface area (Å²) in [6.07, 6.45) is 2.11. The number of benzene rings is 3. The standard InChI is InChI=1S/C30H29FNO/c1-18-7-16-25(32(6)17-18)26-19(2)8-13-22-23-14-15-24(31)27(29(23)33-28(22)26)20-9-11-21(12-10-20)30(3,4)5/h7-17H,1-6H3/q+1. The van der Waals surface area contributed by atoms with E-state index in [1.165, 1.54) is 11.1 Å². The zero-order valence-corrected chi connectivity index (χ0v) is 20.1. The number of pyridine rings is 1. The van der Waals surface area contributed by atoms with E-state index < -0.39 is 0 Å². The lowest BCUT2D eigenvalue weighted by atomic mass is 9.86. The first-order valence-corrected chi connectivity index (χ1v) is 11.4. The summed E-state index contributed by atoms with van der Waals surface area (Å²) >= 11 is 0. The lowest BCUT2D eigenvalue weighted by Crippen LogP contribution is -2.31. The third-order valence-corrected chi connectivity index (χ3v) is 6.54. The molecule has 0 radical (unpaired) electrons. The first-order chi connectivity index (χ1) is 15.6. The smallest absolute Gasteiger partial charge is 0.216 e. The summed E-state index contributed by atoms with van der Waals surface area (Å²) in [6, 6.07) is 20.0. The molecule has 3 aromatic carbocycles. The highest BCUT2D eigenvalue weighted by atomic mass is 19.1. The molecule has 0 unspecified atom stereocenters. The van der Waals surface area contributed by atoms with Crippen LogP contribution in [0.1, 0.15) is 37.5 Å². The Kier molecular flexibility index (Phi) is 4.89. The minimum Gasteiger partial charge on any atom is -0.454 e. The van der Waals surface area contributed by atoms with Gasteiger partial charge in [0.15, 0.2) is 6.20 Å². The average molecular weight is 439 g/mol. The van der Waals surface area contributed by atoms with Crippen LogP contribution in [0.25, 0.3) is 44.3 Å². The molecule has 0 aliphatic carbocycles. The van der Waals surface area contributed by atoms with Crippen molar-refractivity contribution in [3.8, 4) is 22.4 Å². The zero-order chi connectivity index (χ0) is 23.5. The molecule has 2 nitrogen and oxygen atoms in total. The van der Waals surface area contributed by atoms with Crippen LogP contribution in [0, 0.1) is 19.7 Å². The van der Waals surface area contributed by atoms with Gasteiger partial charge in [-0.05, 0) is 54.2 Å². The number of fused-ring (bicyclic) bond motifs is 3. The van der Waals surface area contributed by atoms with E-state index in [0.717, 1.165) is 38.7 Å². The molecule has 2 heterocycles. The van der Waals surface area contributed by atoms with Gasteiger partial charge in [-0.15, -0.1) is 0 Å². The average Bonchev–Trinajstić information content (AvgIpc) is 3.12. The number of furan rings is 1. The van der Waals surface area contributed by atoms with Gasteiger partial charge in [0, 0.05) is 22.4 Å². The molecule has 2 aromatic heterocycles. The first-order valence-electron chi connectivity index (χ1n) is 11.4. The highest BCUT2D eigenvalue weighted by Crippen LogP contribution is 2.41. The molecule has 0 amide bonds. The Labute approximate surface area is 194 Å². The van der Waals surface area contributed by atoms with Gasteiger partial charge in [-0.25, -0.2) is 8.96 Å². The summed E-state index contributed by atoms with van der Waals surface area (Å²) in [4.78, 5) is 0. The Hall–Kier alpha value is -3.46. The molecule has 0 N–H and O–H groups in total. The van der Waals surface area contributed by atoms with Crippen LogP contribution < -0.4 is 4.57 Å². The molecule has 0 saturated heterocycles. The topological polar surface area (TPSA) is 17.0 Å². The fourth-order valence-corrected chi connectivity index (χ4v) is 4.71. The van der Waals surface area contributed by atoms with Crippen LogP contribution in [-0.2, 0) is 12.5 Å². The van der Waals surface area contributed by atoms with Crippen molar-refractivity contribution < 1.29 is 13.4 Å². The summed E-state index contributed by atoms with van der Waals surface area (Å²) in [5.41, 5.74) is 8.41. The predicted octanol–water partition coefficient (Wildman–Crippen LogP) is 7.80. The van der Waals surface area contributed by atoms with Crippen molar-refractivity contribution in [1.82, 2.24) is 0 Å². The lowest BCUT2D eigenvalue weighted by molar-refractivity contribution is -0.660. The summed E-state index contributed by atoms with van der Waals surface area (Å²) in [5.74, 6) is -0.274. The molecule has 166 valence electrons. The number of nitrogens with zero attached hydrogens (tertiary/aromatic N) is 1. The second-order valence-electron chi connectivity index (χ2n) is 10.1. The molecule has 33 heavy (non-hydrogen) atoms. The molecular weight excluding hydrogens is 409 g/mol. The molecule has 0 saturated carbocycles. The van der Waals surface area contributed by atoms with Crippen LogP contribution in [0.3, 0.4) is 0 Å². The Morgan fingerprint density at radius 1 is 0.758 bits per heavy atom. The van der Waals surface area contributed by atoms with E-state index in [1.54, 1.807) is 6.07 Å². The second kappa shape index (κ2) is 7.55. The van der Waals surface area contributed by atoms with Crippen molar-refractivity contribution in [2.24, 2.45) is 7.05 Å². The molecule has 0 aliphatic rings. The van der Waals surface area contributed by atoms with E-state index in [0.29, 0.717) is 11.1 Å². The maximum atomic E-state index is 15.2. The fraction of sp³-hybridized carbons (Fsp3) is 0.233. The molecular formula is C30H29FNO+.